The average Bonchev–Trinajstić information content (AvgIpc) is 2.92. The van der Waals surface area contributed by atoms with Crippen molar-refractivity contribution in [3.8, 4) is 10.6 Å². The van der Waals surface area contributed by atoms with Crippen LogP contribution in [-0.4, -0.2) is 16.1 Å². The number of carbonyl (C=O) groups is 1. The molecule has 0 saturated heterocycles. The highest BCUT2D eigenvalue weighted by atomic mass is 32.1. The Bertz CT molecular complexity index is 809. The highest BCUT2D eigenvalue weighted by Crippen LogP contribution is 2.31. The van der Waals surface area contributed by atoms with E-state index < -0.39 is 5.97 Å². The third kappa shape index (κ3) is 2.92. The second-order valence-corrected chi connectivity index (χ2v) is 6.08. The van der Waals surface area contributed by atoms with Crippen molar-refractivity contribution in [1.29, 1.82) is 0 Å². The molecule has 0 amide bonds. The average molecular weight is 309 g/mol. The van der Waals surface area contributed by atoms with Crippen molar-refractivity contribution < 1.29 is 9.90 Å². The van der Waals surface area contributed by atoms with Crippen LogP contribution in [0.25, 0.3) is 10.6 Å². The second-order valence-electron chi connectivity index (χ2n) is 5.08. The number of carboxylic acid groups (broad SMARTS) is 1. The van der Waals surface area contributed by atoms with Crippen LogP contribution in [0, 0.1) is 6.92 Å². The summed E-state index contributed by atoms with van der Waals surface area (Å²) in [5, 5.41) is 10.2. The quantitative estimate of drug-likeness (QED) is 0.776. The third-order valence-corrected chi connectivity index (χ3v) is 4.60. The molecule has 2 aromatic carbocycles. The van der Waals surface area contributed by atoms with Gasteiger partial charge in [-0.25, -0.2) is 9.78 Å². The Morgan fingerprint density at radius 2 is 1.77 bits per heavy atom. The number of nitrogens with zero attached hydrogens (tertiary/aromatic N) is 1. The zero-order valence-corrected chi connectivity index (χ0v) is 12.9. The fourth-order valence-electron chi connectivity index (χ4n) is 2.36. The smallest absolute Gasteiger partial charge is 0.347 e. The summed E-state index contributed by atoms with van der Waals surface area (Å²) in [6, 6.07) is 17.7. The van der Waals surface area contributed by atoms with E-state index in [0.29, 0.717) is 17.0 Å². The van der Waals surface area contributed by atoms with Crippen molar-refractivity contribution >= 4 is 17.3 Å². The minimum atomic E-state index is -0.914. The maximum absolute atomic E-state index is 11.5. The van der Waals surface area contributed by atoms with Crippen molar-refractivity contribution in [2.24, 2.45) is 0 Å². The molecule has 3 aromatic rings. The van der Waals surface area contributed by atoms with Crippen molar-refractivity contribution in [1.82, 2.24) is 4.98 Å². The number of aromatic nitrogens is 1. The first kappa shape index (κ1) is 14.5. The molecule has 0 aliphatic rings. The van der Waals surface area contributed by atoms with Gasteiger partial charge in [-0.3, -0.25) is 0 Å². The van der Waals surface area contributed by atoms with Crippen LogP contribution in [0.3, 0.4) is 0 Å². The highest BCUT2D eigenvalue weighted by Gasteiger charge is 2.19. The highest BCUT2D eigenvalue weighted by molar-refractivity contribution is 7.17. The Balaban J connectivity index is 2.03. The summed E-state index contributed by atoms with van der Waals surface area (Å²) in [5.74, 6) is -0.914. The molecule has 1 N–H and O–H groups in total. The predicted molar refractivity (Wildman–Crippen MR) is 88.5 cm³/mol. The number of benzene rings is 2. The molecule has 0 fully saturated rings. The molecular formula is C18H15NO2S. The standard InChI is InChI=1S/C18H15NO2S/c1-12-7-5-6-10-14(12)17-19-15(16(22-17)18(20)21)11-13-8-3-2-4-9-13/h2-10H,11H2,1H3,(H,20,21). The molecular weight excluding hydrogens is 294 g/mol. The minimum Gasteiger partial charge on any atom is -0.477 e. The fourth-order valence-corrected chi connectivity index (χ4v) is 3.37. The van der Waals surface area contributed by atoms with Crippen molar-refractivity contribution in [2.45, 2.75) is 13.3 Å². The van der Waals surface area contributed by atoms with Crippen molar-refractivity contribution in [2.75, 3.05) is 0 Å². The number of thiazole rings is 1. The Hall–Kier alpha value is -2.46. The van der Waals surface area contributed by atoms with Crippen LogP contribution >= 0.6 is 11.3 Å². The van der Waals surface area contributed by atoms with Gasteiger partial charge in [-0.2, -0.15) is 0 Å². The molecule has 0 bridgehead atoms. The molecule has 0 atom stereocenters. The van der Waals surface area contributed by atoms with Crippen LogP contribution in [0.4, 0.5) is 0 Å². The summed E-state index contributed by atoms with van der Waals surface area (Å²) in [4.78, 5) is 16.4. The van der Waals surface area contributed by atoms with E-state index in [1.807, 2.05) is 61.5 Å². The van der Waals surface area contributed by atoms with E-state index in [0.717, 1.165) is 21.7 Å². The summed E-state index contributed by atoms with van der Waals surface area (Å²) >= 11 is 1.24. The summed E-state index contributed by atoms with van der Waals surface area (Å²) in [6.07, 6.45) is 0.533. The molecule has 3 rings (SSSR count). The van der Waals surface area contributed by atoms with Gasteiger partial charge in [0.1, 0.15) is 9.88 Å². The molecule has 0 saturated carbocycles. The molecule has 0 aliphatic heterocycles. The largest absolute Gasteiger partial charge is 0.477 e. The maximum Gasteiger partial charge on any atom is 0.347 e. The lowest BCUT2D eigenvalue weighted by Crippen LogP contribution is -1.99. The first-order chi connectivity index (χ1) is 10.6. The molecule has 1 heterocycles. The molecule has 110 valence electrons. The lowest BCUT2D eigenvalue weighted by Gasteiger charge is -2.00. The van der Waals surface area contributed by atoms with E-state index >= 15 is 0 Å². The summed E-state index contributed by atoms with van der Waals surface area (Å²) in [7, 11) is 0. The lowest BCUT2D eigenvalue weighted by molar-refractivity contribution is 0.0701. The lowest BCUT2D eigenvalue weighted by atomic mass is 10.1. The SMILES string of the molecule is Cc1ccccc1-c1nc(Cc2ccccc2)c(C(=O)O)s1. The van der Waals surface area contributed by atoms with Gasteiger partial charge >= 0.3 is 5.97 Å². The van der Waals surface area contributed by atoms with Gasteiger partial charge in [0.25, 0.3) is 0 Å². The molecule has 0 unspecified atom stereocenters. The number of rotatable bonds is 4. The Labute approximate surface area is 132 Å². The first-order valence-corrected chi connectivity index (χ1v) is 7.79. The number of hydrogen-bond acceptors (Lipinski definition) is 3. The zero-order chi connectivity index (χ0) is 15.5. The molecule has 0 radical (unpaired) electrons. The molecule has 4 heteroatoms. The van der Waals surface area contributed by atoms with E-state index in [1.54, 1.807) is 0 Å². The van der Waals surface area contributed by atoms with E-state index in [4.69, 9.17) is 0 Å². The van der Waals surface area contributed by atoms with Crippen LogP contribution in [-0.2, 0) is 6.42 Å². The maximum atomic E-state index is 11.5. The van der Waals surface area contributed by atoms with Crippen LogP contribution in [0.2, 0.25) is 0 Å². The van der Waals surface area contributed by atoms with Gasteiger partial charge in [-0.05, 0) is 18.1 Å². The van der Waals surface area contributed by atoms with Crippen molar-refractivity contribution in [3.05, 3.63) is 76.3 Å². The molecule has 1 aromatic heterocycles. The van der Waals surface area contributed by atoms with E-state index in [1.165, 1.54) is 11.3 Å². The molecule has 22 heavy (non-hydrogen) atoms. The van der Waals surface area contributed by atoms with Gasteiger partial charge in [0.2, 0.25) is 0 Å². The monoisotopic (exact) mass is 309 g/mol. The van der Waals surface area contributed by atoms with Gasteiger partial charge < -0.3 is 5.11 Å². The predicted octanol–water partition coefficient (Wildman–Crippen LogP) is 4.41. The van der Waals surface area contributed by atoms with Gasteiger partial charge in [-0.15, -0.1) is 11.3 Å². The second kappa shape index (κ2) is 6.12. The van der Waals surface area contributed by atoms with Gasteiger partial charge in [0.05, 0.1) is 5.69 Å². The molecule has 0 aliphatic carbocycles. The third-order valence-electron chi connectivity index (χ3n) is 3.48. The van der Waals surface area contributed by atoms with Crippen LogP contribution in [0.5, 0.6) is 0 Å². The number of carboxylic acids is 1. The molecule has 3 nitrogen and oxygen atoms in total. The normalized spacial score (nSPS) is 10.6. The van der Waals surface area contributed by atoms with E-state index in [2.05, 4.69) is 4.98 Å². The van der Waals surface area contributed by atoms with E-state index in [-0.39, 0.29) is 0 Å². The Kier molecular flexibility index (Phi) is 4.02. The first-order valence-electron chi connectivity index (χ1n) is 6.98. The zero-order valence-electron chi connectivity index (χ0n) is 12.1. The number of aryl methyl sites for hydroxylation is 1. The Morgan fingerprint density at radius 3 is 2.45 bits per heavy atom. The number of hydrogen-bond donors (Lipinski definition) is 1. The Morgan fingerprint density at radius 1 is 1.09 bits per heavy atom. The minimum absolute atomic E-state index is 0.321. The molecule has 0 spiro atoms. The van der Waals surface area contributed by atoms with Crippen molar-refractivity contribution in [3.63, 3.8) is 0 Å². The van der Waals surface area contributed by atoms with Crippen LogP contribution < -0.4 is 0 Å². The summed E-state index contributed by atoms with van der Waals surface area (Å²) in [6.45, 7) is 2.01. The number of aromatic carboxylic acids is 1. The topological polar surface area (TPSA) is 50.2 Å². The van der Waals surface area contributed by atoms with Crippen LogP contribution in [0.15, 0.2) is 54.6 Å². The summed E-state index contributed by atoms with van der Waals surface area (Å²) < 4.78 is 0. The van der Waals surface area contributed by atoms with E-state index in [9.17, 15) is 9.90 Å². The van der Waals surface area contributed by atoms with Gasteiger partial charge in [0.15, 0.2) is 0 Å². The van der Waals surface area contributed by atoms with Gasteiger partial charge in [0, 0.05) is 12.0 Å². The van der Waals surface area contributed by atoms with Gasteiger partial charge in [-0.1, -0.05) is 54.6 Å². The summed E-state index contributed by atoms with van der Waals surface area (Å²) in [5.41, 5.74) is 3.78. The van der Waals surface area contributed by atoms with Crippen LogP contribution in [0.1, 0.15) is 26.5 Å². The fraction of sp³-hybridized carbons (Fsp3) is 0.111.